The summed E-state index contributed by atoms with van der Waals surface area (Å²) in [6.45, 7) is 8.20. The van der Waals surface area contributed by atoms with Crippen molar-refractivity contribution >= 4 is 21.8 Å². The highest BCUT2D eigenvalue weighted by Gasteiger charge is 2.43. The molecule has 2 heterocycles. The average molecular weight is 604 g/mol. The highest BCUT2D eigenvalue weighted by Crippen LogP contribution is 2.48. The molecule has 4 aromatic carbocycles. The second kappa shape index (κ2) is 10.5. The molecule has 0 saturated heterocycles. The molecular formula is C36H27F6NO. The van der Waals surface area contributed by atoms with Gasteiger partial charge in [0, 0.05) is 21.8 Å². The first-order valence-corrected chi connectivity index (χ1v) is 13.9. The first-order chi connectivity index (χ1) is 20.8. The van der Waals surface area contributed by atoms with Gasteiger partial charge < -0.3 is 9.30 Å². The molecule has 0 bridgehead atoms. The van der Waals surface area contributed by atoms with E-state index >= 15 is 0 Å². The third-order valence-corrected chi connectivity index (χ3v) is 8.18. The van der Waals surface area contributed by atoms with Crippen LogP contribution in [0.2, 0.25) is 0 Å². The van der Waals surface area contributed by atoms with Gasteiger partial charge in [0.15, 0.2) is 0 Å². The fourth-order valence-corrected chi connectivity index (χ4v) is 5.77. The molecule has 44 heavy (non-hydrogen) atoms. The molecule has 1 aromatic heterocycles. The summed E-state index contributed by atoms with van der Waals surface area (Å²) in [5, 5.41) is 0.956. The molecule has 0 unspecified atom stereocenters. The van der Waals surface area contributed by atoms with Crippen molar-refractivity contribution in [1.82, 2.24) is 4.57 Å². The van der Waals surface area contributed by atoms with Crippen LogP contribution in [-0.4, -0.2) is 11.2 Å². The van der Waals surface area contributed by atoms with Crippen LogP contribution in [0.25, 0.3) is 38.6 Å². The fraction of sp³-hybridized carbons (Fsp3) is 0.167. The molecule has 0 fully saturated rings. The van der Waals surface area contributed by atoms with E-state index in [1.54, 1.807) is 54.6 Å². The van der Waals surface area contributed by atoms with Gasteiger partial charge in [-0.3, -0.25) is 0 Å². The Balaban J connectivity index is 1.78. The van der Waals surface area contributed by atoms with E-state index in [1.165, 1.54) is 18.2 Å². The summed E-state index contributed by atoms with van der Waals surface area (Å²) in [6.07, 6.45) is -2.94. The third-order valence-electron chi connectivity index (χ3n) is 8.18. The van der Waals surface area contributed by atoms with Crippen LogP contribution in [0.1, 0.15) is 30.5 Å². The molecule has 8 heteroatoms. The van der Waals surface area contributed by atoms with Crippen LogP contribution in [0.4, 0.5) is 26.3 Å². The second-order valence-electron chi connectivity index (χ2n) is 11.2. The number of rotatable bonds is 2. The number of aromatic nitrogens is 1. The maximum absolute atomic E-state index is 14.9. The quantitative estimate of drug-likeness (QED) is 0.183. The van der Waals surface area contributed by atoms with Crippen LogP contribution in [0, 0.1) is 0 Å². The average Bonchev–Trinajstić information content (AvgIpc) is 3.30. The number of allylic oxidation sites excluding steroid dienone is 4. The van der Waals surface area contributed by atoms with Gasteiger partial charge in [-0.15, -0.1) is 0 Å². The lowest BCUT2D eigenvalue weighted by molar-refractivity contribution is -0.142. The molecular weight excluding hydrogens is 576 g/mol. The topological polar surface area (TPSA) is 14.2 Å². The van der Waals surface area contributed by atoms with Crippen molar-refractivity contribution in [1.29, 1.82) is 0 Å². The Labute approximate surface area is 250 Å². The van der Waals surface area contributed by atoms with E-state index in [0.29, 0.717) is 27.7 Å². The molecule has 6 rings (SSSR count). The minimum Gasteiger partial charge on any atom is -0.489 e. The van der Waals surface area contributed by atoms with Crippen molar-refractivity contribution in [2.24, 2.45) is 0 Å². The van der Waals surface area contributed by atoms with Crippen LogP contribution in [0.3, 0.4) is 0 Å². The Morgan fingerprint density at radius 1 is 0.727 bits per heavy atom. The van der Waals surface area contributed by atoms with Crippen LogP contribution < -0.4 is 4.74 Å². The summed E-state index contributed by atoms with van der Waals surface area (Å²) in [5.74, 6) is 0.470. The minimum absolute atomic E-state index is 0.183. The third kappa shape index (κ3) is 4.98. The number of halogens is 6. The molecule has 0 atom stereocenters. The largest absolute Gasteiger partial charge is 0.489 e. The first-order valence-electron chi connectivity index (χ1n) is 13.9. The zero-order valence-electron chi connectivity index (χ0n) is 23.9. The predicted octanol–water partition coefficient (Wildman–Crippen LogP) is 10.8. The lowest BCUT2D eigenvalue weighted by Gasteiger charge is -2.29. The number of alkyl halides is 6. The van der Waals surface area contributed by atoms with Crippen molar-refractivity contribution in [3.63, 3.8) is 0 Å². The van der Waals surface area contributed by atoms with E-state index in [9.17, 15) is 26.3 Å². The Kier molecular flexibility index (Phi) is 6.99. The predicted molar refractivity (Wildman–Crippen MR) is 162 cm³/mol. The molecule has 0 aliphatic carbocycles. The molecule has 5 aromatic rings. The van der Waals surface area contributed by atoms with E-state index in [2.05, 4.69) is 6.58 Å². The summed E-state index contributed by atoms with van der Waals surface area (Å²) in [6, 6.07) is 19.2. The normalized spacial score (nSPS) is 16.9. The summed E-state index contributed by atoms with van der Waals surface area (Å²) < 4.78 is 96.7. The highest BCUT2D eigenvalue weighted by atomic mass is 19.4. The Morgan fingerprint density at radius 2 is 1.36 bits per heavy atom. The van der Waals surface area contributed by atoms with Crippen molar-refractivity contribution in [2.45, 2.75) is 31.6 Å². The molecule has 1 aliphatic rings. The van der Waals surface area contributed by atoms with Gasteiger partial charge in [-0.05, 0) is 53.1 Å². The monoisotopic (exact) mass is 603 g/mol. The van der Waals surface area contributed by atoms with Crippen molar-refractivity contribution in [3.05, 3.63) is 132 Å². The molecule has 224 valence electrons. The summed E-state index contributed by atoms with van der Waals surface area (Å²) in [5.41, 5.74) is -2.80. The van der Waals surface area contributed by atoms with Gasteiger partial charge in [0.05, 0.1) is 27.8 Å². The lowest BCUT2D eigenvalue weighted by atomic mass is 9.77. The summed E-state index contributed by atoms with van der Waals surface area (Å²) >= 11 is 0. The zero-order valence-corrected chi connectivity index (χ0v) is 23.9. The molecule has 0 amide bonds. The number of hydrogen-bond donors (Lipinski definition) is 0. The first kappa shape index (κ1) is 29.4. The Hall–Kier alpha value is -4.72. The molecule has 0 N–H and O–H groups in total. The van der Waals surface area contributed by atoms with E-state index < -0.39 is 34.6 Å². The SMILES string of the molecule is C=C1/C=C\C=C/COc2cc3c4ccccc4n(-c4c(C(F)(F)F)cc(-c5ccccc5)cc4C(F)(F)F)c3cc2C1(C)C. The van der Waals surface area contributed by atoms with Gasteiger partial charge in [0.1, 0.15) is 12.4 Å². The van der Waals surface area contributed by atoms with E-state index in [1.807, 2.05) is 32.1 Å². The number of para-hydroxylation sites is 1. The maximum Gasteiger partial charge on any atom is 0.418 e. The van der Waals surface area contributed by atoms with E-state index in [0.717, 1.165) is 16.7 Å². The molecule has 0 radical (unpaired) electrons. The van der Waals surface area contributed by atoms with Gasteiger partial charge >= 0.3 is 12.4 Å². The number of nitrogens with zero attached hydrogens (tertiary/aromatic N) is 1. The molecule has 0 saturated carbocycles. The van der Waals surface area contributed by atoms with Crippen molar-refractivity contribution < 1.29 is 31.1 Å². The van der Waals surface area contributed by atoms with Crippen LogP contribution in [-0.2, 0) is 17.8 Å². The molecule has 1 aliphatic heterocycles. The van der Waals surface area contributed by atoms with Gasteiger partial charge in [-0.25, -0.2) is 0 Å². The van der Waals surface area contributed by atoms with E-state index in [-0.39, 0.29) is 28.8 Å². The summed E-state index contributed by atoms with van der Waals surface area (Å²) in [7, 11) is 0. The van der Waals surface area contributed by atoms with Crippen LogP contribution in [0.15, 0.2) is 115 Å². The summed E-state index contributed by atoms with van der Waals surface area (Å²) in [4.78, 5) is 0. The van der Waals surface area contributed by atoms with Gasteiger partial charge in [-0.2, -0.15) is 26.3 Å². The second-order valence-corrected chi connectivity index (χ2v) is 11.2. The molecule has 0 spiro atoms. The van der Waals surface area contributed by atoms with Crippen molar-refractivity contribution in [2.75, 3.05) is 6.61 Å². The zero-order chi connectivity index (χ0) is 31.4. The van der Waals surface area contributed by atoms with Crippen molar-refractivity contribution in [3.8, 4) is 22.6 Å². The molecule has 2 nitrogen and oxygen atoms in total. The number of hydrogen-bond acceptors (Lipinski definition) is 1. The fourth-order valence-electron chi connectivity index (χ4n) is 5.77. The van der Waals surface area contributed by atoms with Gasteiger partial charge in [-0.1, -0.05) is 87.2 Å². The van der Waals surface area contributed by atoms with Gasteiger partial charge in [0.2, 0.25) is 0 Å². The van der Waals surface area contributed by atoms with Gasteiger partial charge in [0.25, 0.3) is 0 Å². The Bertz CT molecular complexity index is 1940. The number of ether oxygens (including phenoxy) is 1. The number of benzene rings is 4. The number of fused-ring (bicyclic) bond motifs is 4. The lowest BCUT2D eigenvalue weighted by Crippen LogP contribution is -2.21. The maximum atomic E-state index is 14.9. The highest BCUT2D eigenvalue weighted by molar-refractivity contribution is 6.10. The Morgan fingerprint density at radius 3 is 2.02 bits per heavy atom. The van der Waals surface area contributed by atoms with Crippen LogP contribution >= 0.6 is 0 Å². The van der Waals surface area contributed by atoms with Crippen LogP contribution in [0.5, 0.6) is 5.75 Å². The van der Waals surface area contributed by atoms with E-state index in [4.69, 9.17) is 4.74 Å². The smallest absolute Gasteiger partial charge is 0.418 e. The standard InChI is InChI=1S/C36H27F6NO/c1-22-12-6-5-11-17-44-32-20-26-25-15-9-10-16-30(25)43(31(26)21-27(32)34(22,2)3)33-28(35(37,38)39)18-24(19-29(33)36(40,41)42)23-13-7-4-8-14-23/h4-16,18-21H,1,17H2,2-3H3/b11-5-,12-6-. The minimum atomic E-state index is -5.11.